The molecule has 2 fully saturated rings. The Balaban J connectivity index is 1.19. The van der Waals surface area contributed by atoms with Crippen LogP contribution in [0.4, 0.5) is 5.95 Å². The molecule has 0 bridgehead atoms. The lowest BCUT2D eigenvalue weighted by Crippen LogP contribution is -2.42. The molecule has 164 valence electrons. The molecule has 1 saturated carbocycles. The second-order valence-electron chi connectivity index (χ2n) is 8.95. The highest BCUT2D eigenvalue weighted by Crippen LogP contribution is 2.32. The highest BCUT2D eigenvalue weighted by Gasteiger charge is 2.23. The van der Waals surface area contributed by atoms with E-state index in [1.807, 2.05) is 18.3 Å². The van der Waals surface area contributed by atoms with Crippen LogP contribution in [0.2, 0.25) is 5.02 Å². The van der Waals surface area contributed by atoms with Gasteiger partial charge in [-0.05, 0) is 70.1 Å². The number of nitrogens with zero attached hydrogens (tertiary/aromatic N) is 2. The zero-order valence-electron chi connectivity index (χ0n) is 17.8. The molecule has 1 aliphatic carbocycles. The summed E-state index contributed by atoms with van der Waals surface area (Å²) in [5.41, 5.74) is 2.86. The maximum Gasteiger partial charge on any atom is 0.223 e. The molecule has 3 aromatic rings. The van der Waals surface area contributed by atoms with E-state index in [1.54, 1.807) is 6.20 Å². The van der Waals surface area contributed by atoms with E-state index in [2.05, 4.69) is 38.1 Å². The molecule has 7 heteroatoms. The summed E-state index contributed by atoms with van der Waals surface area (Å²) in [6, 6.07) is 9.24. The van der Waals surface area contributed by atoms with E-state index in [0.717, 1.165) is 54.0 Å². The van der Waals surface area contributed by atoms with Crippen LogP contribution >= 0.6 is 11.6 Å². The zero-order valence-corrected chi connectivity index (χ0v) is 18.6. The summed E-state index contributed by atoms with van der Waals surface area (Å²) in [4.78, 5) is 12.5. The van der Waals surface area contributed by atoms with Crippen LogP contribution in [0, 0.1) is 5.92 Å². The summed E-state index contributed by atoms with van der Waals surface area (Å²) in [6.07, 6.45) is 11.0. The number of hydrogen-bond acceptors (Lipinski definition) is 5. The molecule has 3 heterocycles. The van der Waals surface area contributed by atoms with E-state index in [0.29, 0.717) is 23.1 Å². The average Bonchev–Trinajstić information content (AvgIpc) is 3.25. The number of anilines is 1. The minimum atomic E-state index is 0.409. The van der Waals surface area contributed by atoms with Crippen molar-refractivity contribution >= 4 is 28.5 Å². The summed E-state index contributed by atoms with van der Waals surface area (Å²) in [7, 11) is 0. The molecule has 1 atom stereocenters. The van der Waals surface area contributed by atoms with Crippen LogP contribution in [0.5, 0.6) is 0 Å². The molecule has 1 unspecified atom stereocenters. The number of piperidine rings is 1. The largest absolute Gasteiger partial charge is 0.360 e. The lowest BCUT2D eigenvalue weighted by Gasteiger charge is -2.31. The van der Waals surface area contributed by atoms with Gasteiger partial charge in [0.1, 0.15) is 0 Å². The van der Waals surface area contributed by atoms with Crippen molar-refractivity contribution in [3.63, 3.8) is 0 Å². The Hall–Kier alpha value is -2.15. The quantitative estimate of drug-likeness (QED) is 0.452. The van der Waals surface area contributed by atoms with Gasteiger partial charge in [0.2, 0.25) is 5.95 Å². The summed E-state index contributed by atoms with van der Waals surface area (Å²) in [5.74, 6) is 1.45. The first-order valence-corrected chi connectivity index (χ1v) is 11.9. The number of halogens is 1. The van der Waals surface area contributed by atoms with Gasteiger partial charge in [-0.2, -0.15) is 0 Å². The van der Waals surface area contributed by atoms with E-state index in [-0.39, 0.29) is 0 Å². The van der Waals surface area contributed by atoms with Gasteiger partial charge >= 0.3 is 0 Å². The monoisotopic (exact) mass is 438 g/mol. The fourth-order valence-corrected chi connectivity index (χ4v) is 5.14. The van der Waals surface area contributed by atoms with Crippen molar-refractivity contribution in [2.75, 3.05) is 25.0 Å². The number of benzene rings is 1. The summed E-state index contributed by atoms with van der Waals surface area (Å²) >= 11 is 6.47. The first kappa shape index (κ1) is 20.7. The molecule has 0 amide bonds. The van der Waals surface area contributed by atoms with Crippen LogP contribution in [0.25, 0.3) is 22.2 Å². The summed E-state index contributed by atoms with van der Waals surface area (Å²) in [5, 5.41) is 12.6. The van der Waals surface area contributed by atoms with Crippen molar-refractivity contribution in [1.82, 2.24) is 25.6 Å². The van der Waals surface area contributed by atoms with Crippen LogP contribution in [0.15, 0.2) is 36.7 Å². The molecule has 4 N–H and O–H groups in total. The number of H-pyrrole nitrogens is 1. The van der Waals surface area contributed by atoms with Gasteiger partial charge in [-0.15, -0.1) is 0 Å². The Bertz CT molecular complexity index is 1000. The molecule has 2 aromatic heterocycles. The molecule has 0 radical (unpaired) electrons. The smallest absolute Gasteiger partial charge is 0.223 e. The number of fused-ring (bicyclic) bond motifs is 1. The van der Waals surface area contributed by atoms with Gasteiger partial charge in [-0.25, -0.2) is 9.97 Å². The molecular formula is C24H31ClN6. The van der Waals surface area contributed by atoms with Crippen molar-refractivity contribution in [3.8, 4) is 11.3 Å². The number of hydrogen-bond donors (Lipinski definition) is 4. The van der Waals surface area contributed by atoms with Gasteiger partial charge in [-0.1, -0.05) is 29.8 Å². The van der Waals surface area contributed by atoms with Gasteiger partial charge in [0.25, 0.3) is 0 Å². The molecule has 5 rings (SSSR count). The van der Waals surface area contributed by atoms with Gasteiger partial charge in [0, 0.05) is 34.7 Å². The van der Waals surface area contributed by atoms with E-state index < -0.39 is 0 Å². The molecule has 31 heavy (non-hydrogen) atoms. The fourth-order valence-electron chi connectivity index (χ4n) is 4.95. The first-order chi connectivity index (χ1) is 15.3. The standard InChI is InChI=1S/C24H31ClN6/c25-21-15-29-24(31-23(21)20-14-28-22-6-2-1-5-19(20)22)30-18-9-7-17(8-10-18)27-13-16-4-3-11-26-12-16/h1-2,5-6,14-18,26-28H,3-4,7-13H2,(H,29,30,31)/t16?,17-,18-. The second-order valence-corrected chi connectivity index (χ2v) is 9.36. The summed E-state index contributed by atoms with van der Waals surface area (Å²) in [6.45, 7) is 3.49. The Labute approximate surface area is 188 Å². The number of rotatable bonds is 6. The number of para-hydroxylation sites is 1. The topological polar surface area (TPSA) is 77.7 Å². The minimum Gasteiger partial charge on any atom is -0.360 e. The van der Waals surface area contributed by atoms with Crippen molar-refractivity contribution in [3.05, 3.63) is 41.7 Å². The lowest BCUT2D eigenvalue weighted by molar-refractivity contribution is 0.303. The number of nitrogens with one attached hydrogen (secondary N) is 4. The molecule has 1 aromatic carbocycles. The molecular weight excluding hydrogens is 408 g/mol. The zero-order chi connectivity index (χ0) is 21.0. The number of aromatic nitrogens is 3. The van der Waals surface area contributed by atoms with Crippen LogP contribution in [0.3, 0.4) is 0 Å². The van der Waals surface area contributed by atoms with Crippen LogP contribution in [-0.4, -0.2) is 46.7 Å². The predicted octanol–water partition coefficient (Wildman–Crippen LogP) is 4.59. The molecule has 1 aliphatic heterocycles. The highest BCUT2D eigenvalue weighted by molar-refractivity contribution is 6.33. The van der Waals surface area contributed by atoms with Gasteiger partial charge in [-0.3, -0.25) is 0 Å². The minimum absolute atomic E-state index is 0.409. The highest BCUT2D eigenvalue weighted by atomic mass is 35.5. The third kappa shape index (κ3) is 4.86. The lowest BCUT2D eigenvalue weighted by atomic mass is 9.90. The van der Waals surface area contributed by atoms with E-state index in [9.17, 15) is 0 Å². The maximum atomic E-state index is 6.47. The second kappa shape index (κ2) is 9.55. The molecule has 0 spiro atoms. The third-order valence-electron chi connectivity index (χ3n) is 6.74. The Morgan fingerprint density at radius 2 is 1.90 bits per heavy atom. The van der Waals surface area contributed by atoms with Gasteiger partial charge < -0.3 is 20.9 Å². The molecule has 2 aliphatic rings. The SMILES string of the molecule is Clc1cnc(N[C@H]2CC[C@H](NCC3CCCNC3)CC2)nc1-c1c[nH]c2ccccc12. The normalized spacial score (nSPS) is 24.4. The Morgan fingerprint density at radius 3 is 2.74 bits per heavy atom. The van der Waals surface area contributed by atoms with Crippen LogP contribution in [-0.2, 0) is 0 Å². The van der Waals surface area contributed by atoms with E-state index in [1.165, 1.54) is 32.2 Å². The Morgan fingerprint density at radius 1 is 1.06 bits per heavy atom. The first-order valence-electron chi connectivity index (χ1n) is 11.6. The van der Waals surface area contributed by atoms with E-state index in [4.69, 9.17) is 16.6 Å². The van der Waals surface area contributed by atoms with Crippen LogP contribution < -0.4 is 16.0 Å². The van der Waals surface area contributed by atoms with Crippen molar-refractivity contribution in [2.24, 2.45) is 5.92 Å². The molecule has 6 nitrogen and oxygen atoms in total. The van der Waals surface area contributed by atoms with Gasteiger partial charge in [0.15, 0.2) is 0 Å². The van der Waals surface area contributed by atoms with Crippen molar-refractivity contribution < 1.29 is 0 Å². The Kier molecular flexibility index (Phi) is 6.39. The van der Waals surface area contributed by atoms with Crippen LogP contribution in [0.1, 0.15) is 38.5 Å². The van der Waals surface area contributed by atoms with Crippen molar-refractivity contribution in [1.29, 1.82) is 0 Å². The van der Waals surface area contributed by atoms with Gasteiger partial charge in [0.05, 0.1) is 16.9 Å². The number of aromatic amines is 1. The predicted molar refractivity (Wildman–Crippen MR) is 128 cm³/mol. The molecule has 1 saturated heterocycles. The van der Waals surface area contributed by atoms with E-state index >= 15 is 0 Å². The summed E-state index contributed by atoms with van der Waals surface area (Å²) < 4.78 is 0. The third-order valence-corrected chi connectivity index (χ3v) is 7.02. The fraction of sp³-hybridized carbons (Fsp3) is 0.500. The van der Waals surface area contributed by atoms with Crippen molar-refractivity contribution in [2.45, 2.75) is 50.6 Å². The maximum absolute atomic E-state index is 6.47. The average molecular weight is 439 g/mol.